The maximum absolute atomic E-state index is 13.0. The van der Waals surface area contributed by atoms with Crippen molar-refractivity contribution in [3.63, 3.8) is 0 Å². The minimum atomic E-state index is -3.42. The number of nitrogens with one attached hydrogen (secondary N) is 1. The van der Waals surface area contributed by atoms with Crippen molar-refractivity contribution >= 4 is 32.2 Å². The first-order valence-corrected chi connectivity index (χ1v) is 8.89. The van der Waals surface area contributed by atoms with E-state index in [-0.39, 0.29) is 16.5 Å². The second kappa shape index (κ2) is 5.98. The fourth-order valence-corrected chi connectivity index (χ4v) is 4.11. The van der Waals surface area contributed by atoms with Gasteiger partial charge in [0.15, 0.2) is 15.7 Å². The predicted molar refractivity (Wildman–Crippen MR) is 83.0 cm³/mol. The Hall–Kier alpha value is -1.67. The highest BCUT2D eigenvalue weighted by atomic mass is 32.2. The number of rotatable bonds is 5. The summed E-state index contributed by atoms with van der Waals surface area (Å²) in [5, 5.41) is 3.47. The molecule has 0 atom stereocenters. The van der Waals surface area contributed by atoms with Crippen molar-refractivity contribution in [3.8, 4) is 0 Å². The number of hydrogen-bond donors (Lipinski definition) is 2. The maximum atomic E-state index is 13.0. The summed E-state index contributed by atoms with van der Waals surface area (Å²) in [7, 11) is -3.42. The van der Waals surface area contributed by atoms with Gasteiger partial charge >= 0.3 is 0 Å². The van der Waals surface area contributed by atoms with Gasteiger partial charge in [-0.25, -0.2) is 12.8 Å². The molecule has 3 N–H and O–H groups in total. The molecule has 0 fully saturated rings. The lowest BCUT2D eigenvalue weighted by Crippen LogP contribution is -2.09. The van der Waals surface area contributed by atoms with E-state index in [0.717, 1.165) is 28.9 Å². The van der Waals surface area contributed by atoms with Gasteiger partial charge in [-0.15, -0.1) is 0 Å². The van der Waals surface area contributed by atoms with E-state index in [4.69, 9.17) is 5.73 Å². The summed E-state index contributed by atoms with van der Waals surface area (Å²) in [5.41, 5.74) is 7.46. The monoisotopic (exact) mass is 329 g/mol. The van der Waals surface area contributed by atoms with E-state index in [2.05, 4.69) is 9.69 Å². The van der Waals surface area contributed by atoms with Crippen molar-refractivity contribution in [2.75, 3.05) is 23.9 Å². The van der Waals surface area contributed by atoms with Gasteiger partial charge in [0.25, 0.3) is 0 Å². The van der Waals surface area contributed by atoms with E-state index < -0.39 is 9.84 Å². The number of benzene rings is 1. The van der Waals surface area contributed by atoms with Gasteiger partial charge < -0.3 is 11.1 Å². The fraction of sp³-hybridized carbons (Fsp3) is 0.308. The Balaban J connectivity index is 2.08. The molecule has 2 aromatic rings. The van der Waals surface area contributed by atoms with Crippen LogP contribution < -0.4 is 11.1 Å². The van der Waals surface area contributed by atoms with Crippen LogP contribution in [-0.2, 0) is 16.3 Å². The van der Waals surface area contributed by atoms with Crippen molar-refractivity contribution in [2.45, 2.75) is 18.2 Å². The zero-order valence-electron chi connectivity index (χ0n) is 11.7. The highest BCUT2D eigenvalue weighted by Crippen LogP contribution is 2.31. The van der Waals surface area contributed by atoms with E-state index in [9.17, 15) is 12.8 Å². The zero-order chi connectivity index (χ0) is 15.6. The SMILES string of the molecule is Cc1cc(F)ccc1CCNc1snc(N)c1S(C)(=O)=O. The lowest BCUT2D eigenvalue weighted by Gasteiger charge is -2.08. The Kier molecular flexibility index (Phi) is 4.48. The summed E-state index contributed by atoms with van der Waals surface area (Å²) in [6, 6.07) is 4.61. The largest absolute Gasteiger partial charge is 0.382 e. The number of nitrogens with zero attached hydrogens (tertiary/aromatic N) is 1. The van der Waals surface area contributed by atoms with Gasteiger partial charge in [-0.3, -0.25) is 0 Å². The van der Waals surface area contributed by atoms with Crippen molar-refractivity contribution in [3.05, 3.63) is 35.1 Å². The Bertz CT molecular complexity index is 757. The van der Waals surface area contributed by atoms with Crippen LogP contribution in [0.2, 0.25) is 0 Å². The first kappa shape index (κ1) is 15.7. The van der Waals surface area contributed by atoms with Gasteiger partial charge in [0.05, 0.1) is 0 Å². The van der Waals surface area contributed by atoms with Crippen LogP contribution in [0.5, 0.6) is 0 Å². The smallest absolute Gasteiger partial charge is 0.182 e. The van der Waals surface area contributed by atoms with Crippen molar-refractivity contribution in [1.82, 2.24) is 4.37 Å². The van der Waals surface area contributed by atoms with Crippen molar-refractivity contribution in [2.24, 2.45) is 0 Å². The highest BCUT2D eigenvalue weighted by Gasteiger charge is 2.20. The first-order valence-electron chi connectivity index (χ1n) is 6.23. The van der Waals surface area contributed by atoms with Crippen LogP contribution in [-0.4, -0.2) is 25.6 Å². The number of halogens is 1. The molecular weight excluding hydrogens is 313 g/mol. The average molecular weight is 329 g/mol. The van der Waals surface area contributed by atoms with E-state index >= 15 is 0 Å². The summed E-state index contributed by atoms with van der Waals surface area (Å²) in [4.78, 5) is 0.0447. The normalized spacial score (nSPS) is 11.6. The van der Waals surface area contributed by atoms with Crippen LogP contribution in [0.3, 0.4) is 0 Å². The Labute approximate surface area is 127 Å². The molecule has 0 aliphatic carbocycles. The molecule has 0 unspecified atom stereocenters. The number of anilines is 2. The molecule has 114 valence electrons. The second-order valence-electron chi connectivity index (χ2n) is 4.75. The molecule has 0 saturated heterocycles. The number of hydrogen-bond acceptors (Lipinski definition) is 6. The molecular formula is C13H16FN3O2S2. The van der Waals surface area contributed by atoms with Crippen molar-refractivity contribution in [1.29, 1.82) is 0 Å². The number of aromatic nitrogens is 1. The molecule has 21 heavy (non-hydrogen) atoms. The summed E-state index contributed by atoms with van der Waals surface area (Å²) in [5.74, 6) is -0.248. The number of nitrogens with two attached hydrogens (primary N) is 1. The lowest BCUT2D eigenvalue weighted by atomic mass is 10.1. The molecule has 2 rings (SSSR count). The van der Waals surface area contributed by atoms with Crippen LogP contribution in [0.15, 0.2) is 23.1 Å². The summed E-state index contributed by atoms with van der Waals surface area (Å²) in [6.45, 7) is 2.35. The molecule has 1 aromatic heterocycles. The Morgan fingerprint density at radius 1 is 1.43 bits per heavy atom. The van der Waals surface area contributed by atoms with Gasteiger partial charge in [-0.2, -0.15) is 4.37 Å². The number of aryl methyl sites for hydroxylation is 1. The molecule has 0 aliphatic heterocycles. The molecule has 0 amide bonds. The van der Waals surface area contributed by atoms with Gasteiger partial charge in [-0.05, 0) is 48.1 Å². The van der Waals surface area contributed by atoms with Gasteiger partial charge in [0, 0.05) is 12.8 Å². The van der Waals surface area contributed by atoms with Crippen LogP contribution in [0.25, 0.3) is 0 Å². The lowest BCUT2D eigenvalue weighted by molar-refractivity contribution is 0.602. The fourth-order valence-electron chi connectivity index (χ4n) is 2.02. The third-order valence-electron chi connectivity index (χ3n) is 3.03. The van der Waals surface area contributed by atoms with E-state index in [1.165, 1.54) is 12.1 Å². The topological polar surface area (TPSA) is 85.1 Å². The van der Waals surface area contributed by atoms with Gasteiger partial charge in [0.2, 0.25) is 0 Å². The molecule has 0 spiro atoms. The molecule has 0 saturated carbocycles. The number of nitrogen functional groups attached to an aromatic ring is 1. The van der Waals surface area contributed by atoms with Crippen LogP contribution in [0, 0.1) is 12.7 Å². The molecule has 0 bridgehead atoms. The summed E-state index contributed by atoms with van der Waals surface area (Å²) < 4.78 is 40.2. The van der Waals surface area contributed by atoms with Crippen molar-refractivity contribution < 1.29 is 12.8 Å². The third kappa shape index (κ3) is 3.70. The minimum absolute atomic E-state index is 0.0166. The Morgan fingerprint density at radius 3 is 2.76 bits per heavy atom. The highest BCUT2D eigenvalue weighted by molar-refractivity contribution is 7.91. The molecule has 1 heterocycles. The van der Waals surface area contributed by atoms with Crippen LogP contribution >= 0.6 is 11.5 Å². The number of sulfone groups is 1. The van der Waals surface area contributed by atoms with E-state index in [1.807, 2.05) is 6.92 Å². The summed E-state index contributed by atoms with van der Waals surface area (Å²) in [6.07, 6.45) is 1.75. The minimum Gasteiger partial charge on any atom is -0.382 e. The maximum Gasteiger partial charge on any atom is 0.182 e. The molecule has 8 heteroatoms. The quantitative estimate of drug-likeness (QED) is 0.878. The van der Waals surface area contributed by atoms with Crippen LogP contribution in [0.1, 0.15) is 11.1 Å². The third-order valence-corrected chi connectivity index (χ3v) is 5.13. The zero-order valence-corrected chi connectivity index (χ0v) is 13.3. The predicted octanol–water partition coefficient (Wildman–Crippen LogP) is 2.23. The van der Waals surface area contributed by atoms with Gasteiger partial charge in [0.1, 0.15) is 15.7 Å². The second-order valence-corrected chi connectivity index (χ2v) is 7.47. The molecule has 5 nitrogen and oxygen atoms in total. The molecule has 0 radical (unpaired) electrons. The first-order chi connectivity index (χ1) is 9.79. The summed E-state index contributed by atoms with van der Waals surface area (Å²) >= 11 is 1.02. The van der Waals surface area contributed by atoms with E-state index in [1.54, 1.807) is 6.07 Å². The average Bonchev–Trinajstić information content (AvgIpc) is 2.73. The Morgan fingerprint density at radius 2 is 2.14 bits per heavy atom. The molecule has 0 aliphatic rings. The standard InChI is InChI=1S/C13H16FN3O2S2/c1-8-7-10(14)4-3-9(8)5-6-16-13-11(21(2,18)19)12(15)17-20-13/h3-4,7,16H,5-6H2,1-2H3,(H2,15,17). The van der Waals surface area contributed by atoms with E-state index in [0.29, 0.717) is 18.0 Å². The van der Waals surface area contributed by atoms with Crippen LogP contribution in [0.4, 0.5) is 15.2 Å². The van der Waals surface area contributed by atoms with Gasteiger partial charge in [-0.1, -0.05) is 6.07 Å². The molecule has 1 aromatic carbocycles.